The van der Waals surface area contributed by atoms with Crippen molar-refractivity contribution < 1.29 is 49.4 Å². The van der Waals surface area contributed by atoms with E-state index in [4.69, 9.17) is 0 Å². The van der Waals surface area contributed by atoms with Crippen LogP contribution in [0.4, 0.5) is 0 Å². The molecule has 1 aromatic heterocycles. The number of nitrogens with one attached hydrogen (secondary N) is 1. The molecule has 0 spiro atoms. The molecule has 1 fully saturated rings. The Balaban J connectivity index is 0.00000208. The second kappa shape index (κ2) is 7.61. The number of carboxylic acid groups (broad SMARTS) is 1. The fourth-order valence-corrected chi connectivity index (χ4v) is 4.66. The Morgan fingerprint density at radius 1 is 1.58 bits per heavy atom. The normalized spacial score (nSPS) is 26.7. The number of hydrogen-bond acceptors (Lipinski definition) is 6. The van der Waals surface area contributed by atoms with Crippen molar-refractivity contribution in [3.8, 4) is 0 Å². The van der Waals surface area contributed by atoms with Gasteiger partial charge in [0.05, 0.1) is 29.7 Å². The summed E-state index contributed by atoms with van der Waals surface area (Å²) >= 11 is 1.43. The second-order valence-electron chi connectivity index (χ2n) is 5.93. The minimum Gasteiger partial charge on any atom is -0.543 e. The second-order valence-corrected chi connectivity index (χ2v) is 7.07. The van der Waals surface area contributed by atoms with Crippen LogP contribution >= 0.6 is 11.8 Å². The van der Waals surface area contributed by atoms with Gasteiger partial charge in [0.1, 0.15) is 0 Å². The molecule has 4 atom stereocenters. The van der Waals surface area contributed by atoms with Crippen LogP contribution in [-0.4, -0.2) is 50.0 Å². The van der Waals surface area contributed by atoms with Crippen LogP contribution in [-0.2, 0) is 16.0 Å². The average Bonchev–Trinajstić information content (AvgIpc) is 3.05. The summed E-state index contributed by atoms with van der Waals surface area (Å²) in [4.78, 5) is 25.6. The molecule has 2 aliphatic heterocycles. The van der Waals surface area contributed by atoms with Crippen LogP contribution in [0, 0.1) is 11.8 Å². The van der Waals surface area contributed by atoms with Crippen LogP contribution in [0.5, 0.6) is 0 Å². The molecule has 3 heterocycles. The third kappa shape index (κ3) is 3.17. The number of aliphatic hydroxyl groups excluding tert-OH is 1. The number of thioether (sulfide) groups is 1. The number of rotatable bonds is 6. The van der Waals surface area contributed by atoms with Gasteiger partial charge in [-0.05, 0) is 19.4 Å². The quantitative estimate of drug-likeness (QED) is 0.403. The Hall–Kier alpha value is -0.800. The van der Waals surface area contributed by atoms with E-state index in [9.17, 15) is 19.8 Å². The van der Waals surface area contributed by atoms with Crippen molar-refractivity contribution in [1.29, 1.82) is 0 Å². The number of β-lactam (4-membered cyclic amide) rings is 1. The van der Waals surface area contributed by atoms with Crippen molar-refractivity contribution in [2.45, 2.75) is 32.4 Å². The summed E-state index contributed by atoms with van der Waals surface area (Å²) in [5, 5.41) is 28.0. The maximum atomic E-state index is 12.2. The molecule has 0 radical (unpaired) electrons. The molecular formula is C15H18N3NaO4S. The molecule has 0 bridgehead atoms. The maximum absolute atomic E-state index is 12.2. The molecule has 0 aromatic carbocycles. The number of aryl methyl sites for hydroxylation is 1. The summed E-state index contributed by atoms with van der Waals surface area (Å²) < 4.78 is 0. The van der Waals surface area contributed by atoms with Gasteiger partial charge in [-0.3, -0.25) is 9.89 Å². The number of amides is 1. The van der Waals surface area contributed by atoms with Crippen molar-refractivity contribution in [2.75, 3.05) is 5.75 Å². The molecule has 9 heteroatoms. The third-order valence-electron chi connectivity index (χ3n) is 4.49. The van der Waals surface area contributed by atoms with Gasteiger partial charge in [-0.1, -0.05) is 6.92 Å². The molecule has 24 heavy (non-hydrogen) atoms. The number of fused-ring (bicyclic) bond motifs is 1. The van der Waals surface area contributed by atoms with Crippen LogP contribution in [0.15, 0.2) is 22.9 Å². The van der Waals surface area contributed by atoms with Crippen molar-refractivity contribution in [2.24, 2.45) is 11.8 Å². The van der Waals surface area contributed by atoms with E-state index in [0.29, 0.717) is 10.7 Å². The topological polar surface area (TPSA) is 109 Å². The Bertz CT molecular complexity index is 662. The SMILES string of the molecule is C[C@@H](O)[C@H]1C(=O)N2C(C(=O)[O-])=C(SCCc3ccn[nH]3)[C@H](C)[C@H]12.[Na+]. The van der Waals surface area contributed by atoms with Crippen LogP contribution in [0.1, 0.15) is 19.5 Å². The van der Waals surface area contributed by atoms with E-state index in [2.05, 4.69) is 10.2 Å². The number of aromatic amines is 1. The van der Waals surface area contributed by atoms with E-state index in [1.54, 1.807) is 13.1 Å². The molecule has 0 aliphatic carbocycles. The molecule has 0 unspecified atom stereocenters. The van der Waals surface area contributed by atoms with Crippen molar-refractivity contribution in [1.82, 2.24) is 15.1 Å². The summed E-state index contributed by atoms with van der Waals surface area (Å²) in [5.41, 5.74) is 0.943. The van der Waals surface area contributed by atoms with Gasteiger partial charge < -0.3 is 19.9 Å². The Morgan fingerprint density at radius 2 is 2.29 bits per heavy atom. The van der Waals surface area contributed by atoms with E-state index in [1.165, 1.54) is 16.7 Å². The first-order valence-electron chi connectivity index (χ1n) is 7.51. The molecule has 0 saturated carbocycles. The average molecular weight is 359 g/mol. The zero-order valence-electron chi connectivity index (χ0n) is 13.9. The van der Waals surface area contributed by atoms with Gasteiger partial charge in [-0.15, -0.1) is 11.8 Å². The molecular weight excluding hydrogens is 341 g/mol. The van der Waals surface area contributed by atoms with E-state index in [0.717, 1.165) is 12.1 Å². The Labute approximate surface area is 166 Å². The zero-order valence-corrected chi connectivity index (χ0v) is 16.7. The number of aliphatic hydroxyl groups is 1. The first kappa shape index (κ1) is 19.5. The fraction of sp³-hybridized carbons (Fsp3) is 0.533. The number of carboxylic acids is 1. The fourth-order valence-electron chi connectivity index (χ4n) is 3.40. The Kier molecular flexibility index (Phi) is 6.19. The largest absolute Gasteiger partial charge is 1.00 e. The van der Waals surface area contributed by atoms with Crippen molar-refractivity contribution >= 4 is 23.6 Å². The molecule has 1 aromatic rings. The van der Waals surface area contributed by atoms with E-state index in [1.807, 2.05) is 13.0 Å². The van der Waals surface area contributed by atoms with E-state index >= 15 is 0 Å². The Morgan fingerprint density at radius 3 is 2.83 bits per heavy atom. The molecule has 3 rings (SSSR count). The van der Waals surface area contributed by atoms with Crippen LogP contribution in [0.3, 0.4) is 0 Å². The number of aliphatic carboxylic acids is 1. The molecule has 1 saturated heterocycles. The van der Waals surface area contributed by atoms with Gasteiger partial charge in [-0.25, -0.2) is 0 Å². The summed E-state index contributed by atoms with van der Waals surface area (Å²) in [6.07, 6.45) is 1.60. The maximum Gasteiger partial charge on any atom is 1.00 e. The van der Waals surface area contributed by atoms with Crippen LogP contribution in [0.2, 0.25) is 0 Å². The summed E-state index contributed by atoms with van der Waals surface area (Å²) in [7, 11) is 0. The monoisotopic (exact) mass is 359 g/mol. The molecule has 2 aliphatic rings. The first-order chi connectivity index (χ1) is 10.9. The van der Waals surface area contributed by atoms with Crippen molar-refractivity contribution in [3.05, 3.63) is 28.6 Å². The van der Waals surface area contributed by atoms with Gasteiger partial charge in [0.15, 0.2) is 0 Å². The standard InChI is InChI=1S/C15H19N3O4S.Na/c1-7-11-10(8(2)19)14(20)18(11)12(15(21)22)13(7)23-6-4-9-3-5-16-17-9;/h3,5,7-8,10-11,19H,4,6H2,1-2H3,(H,16,17)(H,21,22);/q;+1/p-1/t7-,8-,10-,11-;/m1./s1. The predicted molar refractivity (Wildman–Crippen MR) is 81.8 cm³/mol. The minimum atomic E-state index is -1.33. The summed E-state index contributed by atoms with van der Waals surface area (Å²) in [6.45, 7) is 3.46. The van der Waals surface area contributed by atoms with Crippen LogP contribution in [0.25, 0.3) is 0 Å². The van der Waals surface area contributed by atoms with Gasteiger partial charge in [0.2, 0.25) is 5.91 Å². The first-order valence-corrected chi connectivity index (χ1v) is 8.49. The van der Waals surface area contributed by atoms with E-state index in [-0.39, 0.29) is 53.1 Å². The smallest absolute Gasteiger partial charge is 0.543 e. The molecule has 2 N–H and O–H groups in total. The molecule has 7 nitrogen and oxygen atoms in total. The number of hydrogen-bond donors (Lipinski definition) is 2. The van der Waals surface area contributed by atoms with Gasteiger partial charge in [0, 0.05) is 28.5 Å². The van der Waals surface area contributed by atoms with E-state index < -0.39 is 18.0 Å². The number of nitrogens with zero attached hydrogens (tertiary/aromatic N) is 2. The number of carbonyl (C=O) groups excluding carboxylic acids is 2. The number of carbonyl (C=O) groups is 2. The molecule has 1 amide bonds. The van der Waals surface area contributed by atoms with Gasteiger partial charge in [-0.2, -0.15) is 5.10 Å². The van der Waals surface area contributed by atoms with Gasteiger partial charge >= 0.3 is 29.6 Å². The third-order valence-corrected chi connectivity index (χ3v) is 5.77. The summed E-state index contributed by atoms with van der Waals surface area (Å²) in [5.74, 6) is -1.65. The molecule has 124 valence electrons. The summed E-state index contributed by atoms with van der Waals surface area (Å²) in [6, 6.07) is 1.58. The number of aromatic nitrogens is 2. The minimum absolute atomic E-state index is 0. The zero-order chi connectivity index (χ0) is 16.7. The van der Waals surface area contributed by atoms with Crippen LogP contribution < -0.4 is 34.7 Å². The van der Waals surface area contributed by atoms with Gasteiger partial charge in [0.25, 0.3) is 0 Å². The number of H-pyrrole nitrogens is 1. The van der Waals surface area contributed by atoms with Crippen molar-refractivity contribution in [3.63, 3.8) is 0 Å². The predicted octanol–water partition coefficient (Wildman–Crippen LogP) is -3.49.